The molecule has 122 valence electrons. The van der Waals surface area contributed by atoms with E-state index in [9.17, 15) is 9.59 Å². The van der Waals surface area contributed by atoms with Gasteiger partial charge in [0.25, 0.3) is 0 Å². The van der Waals surface area contributed by atoms with Crippen molar-refractivity contribution in [2.45, 2.75) is 65.2 Å². The lowest BCUT2D eigenvalue weighted by molar-refractivity contribution is 0.0494. The smallest absolute Gasteiger partial charge is 0.338 e. The van der Waals surface area contributed by atoms with Crippen LogP contribution >= 0.6 is 0 Å². The number of rotatable bonds is 11. The number of hydrogen-bond donors (Lipinski definition) is 0. The van der Waals surface area contributed by atoms with Crippen molar-refractivity contribution in [3.63, 3.8) is 0 Å². The van der Waals surface area contributed by atoms with E-state index in [1.807, 2.05) is 6.92 Å². The molecule has 22 heavy (non-hydrogen) atoms. The number of carbonyl (C=O) groups is 2. The maximum Gasteiger partial charge on any atom is 0.338 e. The molecular weight excluding hydrogens is 276 g/mol. The average molecular weight is 304 g/mol. The predicted octanol–water partition coefficient (Wildman–Crippen LogP) is 5.19. The van der Waals surface area contributed by atoms with Crippen LogP contribution in [0.5, 0.6) is 0 Å². The SMILES string of the molecule is CCCCCCCCOC(=O)c1ccccc1C(=O)CCC. The molecule has 0 spiro atoms. The summed E-state index contributed by atoms with van der Waals surface area (Å²) in [7, 11) is 0. The van der Waals surface area contributed by atoms with Gasteiger partial charge in [0.05, 0.1) is 12.2 Å². The van der Waals surface area contributed by atoms with Crippen LogP contribution in [0.3, 0.4) is 0 Å². The molecule has 3 heteroatoms. The van der Waals surface area contributed by atoms with E-state index in [4.69, 9.17) is 4.74 Å². The Morgan fingerprint density at radius 3 is 2.18 bits per heavy atom. The van der Waals surface area contributed by atoms with E-state index in [2.05, 4.69) is 6.92 Å². The van der Waals surface area contributed by atoms with Crippen LogP contribution in [0.4, 0.5) is 0 Å². The van der Waals surface area contributed by atoms with Gasteiger partial charge in [0, 0.05) is 12.0 Å². The highest BCUT2D eigenvalue weighted by atomic mass is 16.5. The Balaban J connectivity index is 2.44. The van der Waals surface area contributed by atoms with Crippen LogP contribution in [0.1, 0.15) is 85.9 Å². The second kappa shape index (κ2) is 11.0. The van der Waals surface area contributed by atoms with E-state index in [1.165, 1.54) is 25.7 Å². The third-order valence-electron chi connectivity index (χ3n) is 3.66. The topological polar surface area (TPSA) is 43.4 Å². The van der Waals surface area contributed by atoms with Crippen LogP contribution in [0.2, 0.25) is 0 Å². The third-order valence-corrected chi connectivity index (χ3v) is 3.66. The summed E-state index contributed by atoms with van der Waals surface area (Å²) in [5.41, 5.74) is 0.879. The molecule has 0 fully saturated rings. The number of unbranched alkanes of at least 4 members (excludes halogenated alkanes) is 5. The Kier molecular flexibility index (Phi) is 9.20. The number of ether oxygens (including phenoxy) is 1. The van der Waals surface area contributed by atoms with Crippen molar-refractivity contribution in [2.75, 3.05) is 6.61 Å². The molecule has 0 aromatic heterocycles. The fourth-order valence-electron chi connectivity index (χ4n) is 2.39. The first-order valence-corrected chi connectivity index (χ1v) is 8.50. The molecule has 3 nitrogen and oxygen atoms in total. The summed E-state index contributed by atoms with van der Waals surface area (Å²) < 4.78 is 5.31. The number of ketones is 1. The lowest BCUT2D eigenvalue weighted by Gasteiger charge is -2.08. The molecule has 0 heterocycles. The molecule has 0 amide bonds. The van der Waals surface area contributed by atoms with Crippen LogP contribution in [-0.2, 0) is 4.74 Å². The predicted molar refractivity (Wildman–Crippen MR) is 89.3 cm³/mol. The van der Waals surface area contributed by atoms with Gasteiger partial charge in [0.1, 0.15) is 0 Å². The number of Topliss-reactive ketones (excluding diaryl/α,β-unsaturated/α-hetero) is 1. The first-order chi connectivity index (χ1) is 10.7. The molecule has 0 atom stereocenters. The van der Waals surface area contributed by atoms with Gasteiger partial charge in [-0.1, -0.05) is 64.2 Å². The Hall–Kier alpha value is -1.64. The minimum absolute atomic E-state index is 0.00890. The van der Waals surface area contributed by atoms with E-state index >= 15 is 0 Å². The fourth-order valence-corrected chi connectivity index (χ4v) is 2.39. The van der Waals surface area contributed by atoms with Crippen molar-refractivity contribution in [3.05, 3.63) is 35.4 Å². The summed E-state index contributed by atoms with van der Waals surface area (Å²) in [6.45, 7) is 4.58. The molecule has 1 rings (SSSR count). The van der Waals surface area contributed by atoms with Crippen molar-refractivity contribution < 1.29 is 14.3 Å². The Labute approximate surface area is 134 Å². The summed E-state index contributed by atoms with van der Waals surface area (Å²) in [6.07, 6.45) is 8.16. The monoisotopic (exact) mass is 304 g/mol. The zero-order valence-electron chi connectivity index (χ0n) is 13.9. The zero-order chi connectivity index (χ0) is 16.2. The Morgan fingerprint density at radius 2 is 1.50 bits per heavy atom. The van der Waals surface area contributed by atoms with Crippen LogP contribution in [0.25, 0.3) is 0 Å². The van der Waals surface area contributed by atoms with Gasteiger partial charge in [-0.05, 0) is 18.9 Å². The molecule has 0 saturated heterocycles. The standard InChI is InChI=1S/C19H28O3/c1-3-5-6-7-8-11-15-22-19(21)17-14-10-9-13-16(17)18(20)12-4-2/h9-10,13-14H,3-8,11-12,15H2,1-2H3. The first-order valence-electron chi connectivity index (χ1n) is 8.50. The van der Waals surface area contributed by atoms with Crippen molar-refractivity contribution in [2.24, 2.45) is 0 Å². The Morgan fingerprint density at radius 1 is 0.864 bits per heavy atom. The van der Waals surface area contributed by atoms with Gasteiger partial charge in [-0.2, -0.15) is 0 Å². The molecule has 1 aromatic rings. The van der Waals surface area contributed by atoms with Crippen molar-refractivity contribution in [3.8, 4) is 0 Å². The highest BCUT2D eigenvalue weighted by Crippen LogP contribution is 2.14. The molecule has 0 N–H and O–H groups in total. The number of benzene rings is 1. The van der Waals surface area contributed by atoms with E-state index in [0.717, 1.165) is 19.3 Å². The van der Waals surface area contributed by atoms with E-state index in [1.54, 1.807) is 24.3 Å². The minimum Gasteiger partial charge on any atom is -0.462 e. The van der Waals surface area contributed by atoms with Crippen molar-refractivity contribution in [1.82, 2.24) is 0 Å². The lowest BCUT2D eigenvalue weighted by atomic mass is 10.0. The van der Waals surface area contributed by atoms with Crippen LogP contribution in [0, 0.1) is 0 Å². The summed E-state index contributed by atoms with van der Waals surface area (Å²) in [5, 5.41) is 0. The highest BCUT2D eigenvalue weighted by molar-refractivity contribution is 6.06. The van der Waals surface area contributed by atoms with Gasteiger partial charge >= 0.3 is 5.97 Å². The fraction of sp³-hybridized carbons (Fsp3) is 0.579. The van der Waals surface area contributed by atoms with Crippen molar-refractivity contribution >= 4 is 11.8 Å². The largest absolute Gasteiger partial charge is 0.462 e. The van der Waals surface area contributed by atoms with Crippen LogP contribution in [-0.4, -0.2) is 18.4 Å². The number of carbonyl (C=O) groups excluding carboxylic acids is 2. The molecule has 0 aliphatic carbocycles. The summed E-state index contributed by atoms with van der Waals surface area (Å²) in [4.78, 5) is 24.2. The van der Waals surface area contributed by atoms with Gasteiger partial charge in [-0.25, -0.2) is 4.79 Å². The molecule has 0 aliphatic rings. The number of esters is 1. The first kappa shape index (κ1) is 18.4. The molecule has 0 saturated carbocycles. The number of hydrogen-bond acceptors (Lipinski definition) is 3. The maximum atomic E-state index is 12.1. The normalized spacial score (nSPS) is 10.5. The average Bonchev–Trinajstić information content (AvgIpc) is 2.54. The summed E-state index contributed by atoms with van der Waals surface area (Å²) in [6, 6.07) is 6.93. The highest BCUT2D eigenvalue weighted by Gasteiger charge is 2.16. The van der Waals surface area contributed by atoms with Gasteiger partial charge < -0.3 is 4.74 Å². The molecular formula is C19H28O3. The van der Waals surface area contributed by atoms with Crippen molar-refractivity contribution in [1.29, 1.82) is 0 Å². The van der Waals surface area contributed by atoms with Gasteiger partial charge in [-0.3, -0.25) is 4.79 Å². The van der Waals surface area contributed by atoms with Gasteiger partial charge in [0.2, 0.25) is 0 Å². The van der Waals surface area contributed by atoms with E-state index in [-0.39, 0.29) is 11.8 Å². The van der Waals surface area contributed by atoms with E-state index in [0.29, 0.717) is 24.2 Å². The lowest BCUT2D eigenvalue weighted by Crippen LogP contribution is -2.12. The third kappa shape index (κ3) is 6.42. The summed E-state index contributed by atoms with van der Waals surface area (Å²) >= 11 is 0. The van der Waals surface area contributed by atoms with Crippen LogP contribution in [0.15, 0.2) is 24.3 Å². The quantitative estimate of drug-likeness (QED) is 0.321. The Bertz CT molecular complexity index is 466. The molecule has 0 aliphatic heterocycles. The zero-order valence-corrected chi connectivity index (χ0v) is 13.9. The molecule has 1 aromatic carbocycles. The second-order valence-corrected chi connectivity index (χ2v) is 5.62. The summed E-state index contributed by atoms with van der Waals surface area (Å²) in [5.74, 6) is -0.372. The van der Waals surface area contributed by atoms with Gasteiger partial charge in [-0.15, -0.1) is 0 Å². The molecule has 0 bridgehead atoms. The molecule has 0 radical (unpaired) electrons. The van der Waals surface area contributed by atoms with Gasteiger partial charge in [0.15, 0.2) is 5.78 Å². The maximum absolute atomic E-state index is 12.1. The second-order valence-electron chi connectivity index (χ2n) is 5.62. The molecule has 0 unspecified atom stereocenters. The minimum atomic E-state index is -0.381. The van der Waals surface area contributed by atoms with E-state index < -0.39 is 0 Å². The van der Waals surface area contributed by atoms with Crippen LogP contribution < -0.4 is 0 Å².